The topological polar surface area (TPSA) is 77.7 Å². The van der Waals surface area contributed by atoms with E-state index in [1.807, 2.05) is 29.2 Å². The molecule has 0 bridgehead atoms. The fourth-order valence-corrected chi connectivity index (χ4v) is 4.42. The van der Waals surface area contributed by atoms with E-state index in [-0.39, 0.29) is 17.7 Å². The molecule has 0 spiro atoms. The van der Waals surface area contributed by atoms with Gasteiger partial charge in [0.25, 0.3) is 0 Å². The summed E-state index contributed by atoms with van der Waals surface area (Å²) in [6.07, 6.45) is 1.99. The number of carbonyl (C=O) groups is 2. The minimum atomic E-state index is -0.148. The van der Waals surface area contributed by atoms with Gasteiger partial charge in [-0.2, -0.15) is 0 Å². The van der Waals surface area contributed by atoms with Gasteiger partial charge in [0.05, 0.1) is 25.7 Å². The highest BCUT2D eigenvalue weighted by Crippen LogP contribution is 2.21. The molecule has 0 radical (unpaired) electrons. The van der Waals surface area contributed by atoms with Gasteiger partial charge >= 0.3 is 0 Å². The molecule has 162 valence electrons. The Bertz CT molecular complexity index is 894. The zero-order valence-electron chi connectivity index (χ0n) is 17.2. The summed E-state index contributed by atoms with van der Waals surface area (Å²) in [7, 11) is 0. The Balaban J connectivity index is 1.25. The number of amides is 2. The average Bonchev–Trinajstić information content (AvgIpc) is 3.16. The molecule has 2 aromatic rings. The van der Waals surface area contributed by atoms with Gasteiger partial charge in [0.2, 0.25) is 11.8 Å². The molecule has 30 heavy (non-hydrogen) atoms. The lowest BCUT2D eigenvalue weighted by Gasteiger charge is -2.33. The van der Waals surface area contributed by atoms with E-state index >= 15 is 0 Å². The van der Waals surface area contributed by atoms with E-state index in [4.69, 9.17) is 16.3 Å². The van der Waals surface area contributed by atoms with Crippen LogP contribution in [-0.2, 0) is 20.9 Å². The molecular weight excluding hydrogens is 404 g/mol. The number of hydrogen-bond donors (Lipinski definition) is 2. The van der Waals surface area contributed by atoms with Gasteiger partial charge in [-0.25, -0.2) is 0 Å². The number of likely N-dealkylation sites (tertiary alicyclic amines) is 1. The predicted octanol–water partition coefficient (Wildman–Crippen LogP) is 2.40. The highest BCUT2D eigenvalue weighted by molar-refractivity contribution is 6.31. The summed E-state index contributed by atoms with van der Waals surface area (Å²) in [5, 5.41) is 4.75. The van der Waals surface area contributed by atoms with Gasteiger partial charge in [0.15, 0.2) is 0 Å². The second kappa shape index (κ2) is 9.81. The molecule has 0 aliphatic carbocycles. The number of piperidine rings is 1. The van der Waals surface area contributed by atoms with Crippen LogP contribution in [0.5, 0.6) is 0 Å². The van der Waals surface area contributed by atoms with Crippen LogP contribution in [0.2, 0.25) is 5.02 Å². The van der Waals surface area contributed by atoms with Crippen LogP contribution < -0.4 is 5.32 Å². The summed E-state index contributed by atoms with van der Waals surface area (Å²) in [6, 6.07) is 7.68. The number of aromatic nitrogens is 1. The van der Waals surface area contributed by atoms with Crippen LogP contribution in [-0.4, -0.2) is 72.5 Å². The van der Waals surface area contributed by atoms with E-state index in [0.29, 0.717) is 37.5 Å². The minimum Gasteiger partial charge on any atom is -0.379 e. The normalized spacial score (nSPS) is 20.6. The van der Waals surface area contributed by atoms with Gasteiger partial charge in [-0.05, 0) is 37.1 Å². The largest absolute Gasteiger partial charge is 0.379 e. The van der Waals surface area contributed by atoms with Gasteiger partial charge < -0.3 is 19.9 Å². The number of hydrogen-bond acceptors (Lipinski definition) is 4. The van der Waals surface area contributed by atoms with E-state index < -0.39 is 0 Å². The number of halogens is 1. The lowest BCUT2D eigenvalue weighted by atomic mass is 9.96. The molecule has 2 N–H and O–H groups in total. The molecule has 3 heterocycles. The van der Waals surface area contributed by atoms with E-state index in [2.05, 4.69) is 15.2 Å². The first-order chi connectivity index (χ1) is 14.6. The molecule has 0 saturated carbocycles. The first-order valence-corrected chi connectivity index (χ1v) is 11.1. The molecule has 0 unspecified atom stereocenters. The predicted molar refractivity (Wildman–Crippen MR) is 116 cm³/mol. The molecule has 1 aromatic heterocycles. The van der Waals surface area contributed by atoms with Crippen molar-refractivity contribution in [1.29, 1.82) is 0 Å². The van der Waals surface area contributed by atoms with Gasteiger partial charge in [0.1, 0.15) is 0 Å². The maximum absolute atomic E-state index is 12.7. The Morgan fingerprint density at radius 3 is 2.90 bits per heavy atom. The fraction of sp³-hybridized carbons (Fsp3) is 0.545. The summed E-state index contributed by atoms with van der Waals surface area (Å²) >= 11 is 6.04. The Hall–Kier alpha value is -2.09. The van der Waals surface area contributed by atoms with Crippen molar-refractivity contribution in [2.45, 2.75) is 25.8 Å². The van der Waals surface area contributed by atoms with E-state index in [0.717, 1.165) is 55.9 Å². The first-order valence-electron chi connectivity index (χ1n) is 10.7. The van der Waals surface area contributed by atoms with Crippen LogP contribution in [0.25, 0.3) is 10.9 Å². The van der Waals surface area contributed by atoms with Crippen LogP contribution in [0.3, 0.4) is 0 Å². The highest BCUT2D eigenvalue weighted by Gasteiger charge is 2.30. The van der Waals surface area contributed by atoms with Crippen molar-refractivity contribution in [3.63, 3.8) is 0 Å². The lowest BCUT2D eigenvalue weighted by molar-refractivity contribution is -0.138. The molecule has 7 nitrogen and oxygen atoms in total. The SMILES string of the molecule is O=C(NCc1cc2cc(Cl)ccc2[nH]1)[C@@H]1CCC(=O)N(CCCN2CCOCC2)C1. The molecule has 4 rings (SSSR count). The molecule has 2 amide bonds. The van der Waals surface area contributed by atoms with Crippen LogP contribution in [0, 0.1) is 5.92 Å². The van der Waals surface area contributed by atoms with E-state index in [9.17, 15) is 9.59 Å². The maximum Gasteiger partial charge on any atom is 0.225 e. The third-order valence-corrected chi connectivity index (χ3v) is 6.20. The summed E-state index contributed by atoms with van der Waals surface area (Å²) in [5.41, 5.74) is 1.94. The van der Waals surface area contributed by atoms with Crippen molar-refractivity contribution in [2.75, 3.05) is 45.9 Å². The second-order valence-corrected chi connectivity index (χ2v) is 8.56. The van der Waals surface area contributed by atoms with Crippen molar-refractivity contribution < 1.29 is 14.3 Å². The van der Waals surface area contributed by atoms with E-state index in [1.54, 1.807) is 0 Å². The van der Waals surface area contributed by atoms with E-state index in [1.165, 1.54) is 0 Å². The molecule has 2 saturated heterocycles. The number of H-pyrrole nitrogens is 1. The Morgan fingerprint density at radius 2 is 2.07 bits per heavy atom. The van der Waals surface area contributed by atoms with Crippen molar-refractivity contribution in [2.24, 2.45) is 5.92 Å². The number of nitrogens with zero attached hydrogens (tertiary/aromatic N) is 2. The molecule has 2 aliphatic rings. The Kier molecular flexibility index (Phi) is 6.92. The molecule has 2 fully saturated rings. The van der Waals surface area contributed by atoms with Crippen LogP contribution >= 0.6 is 11.6 Å². The number of nitrogens with one attached hydrogen (secondary N) is 2. The fourth-order valence-electron chi connectivity index (χ4n) is 4.24. The second-order valence-electron chi connectivity index (χ2n) is 8.13. The van der Waals surface area contributed by atoms with Crippen molar-refractivity contribution >= 4 is 34.3 Å². The smallest absolute Gasteiger partial charge is 0.225 e. The van der Waals surface area contributed by atoms with Gasteiger partial charge in [-0.3, -0.25) is 14.5 Å². The number of carbonyl (C=O) groups excluding carboxylic acids is 2. The highest BCUT2D eigenvalue weighted by atomic mass is 35.5. The van der Waals surface area contributed by atoms with Crippen LogP contribution in [0.4, 0.5) is 0 Å². The summed E-state index contributed by atoms with van der Waals surface area (Å²) in [4.78, 5) is 32.5. The number of benzene rings is 1. The first kappa shape index (κ1) is 21.2. The van der Waals surface area contributed by atoms with Gasteiger partial charge in [-0.15, -0.1) is 0 Å². The van der Waals surface area contributed by atoms with Crippen LogP contribution in [0.15, 0.2) is 24.3 Å². The zero-order chi connectivity index (χ0) is 20.9. The monoisotopic (exact) mass is 432 g/mol. The number of fused-ring (bicyclic) bond motifs is 1. The third-order valence-electron chi connectivity index (χ3n) is 5.97. The molecule has 2 aliphatic heterocycles. The zero-order valence-corrected chi connectivity index (χ0v) is 17.9. The van der Waals surface area contributed by atoms with Gasteiger partial charge in [0, 0.05) is 60.8 Å². The number of aromatic amines is 1. The molecule has 8 heteroatoms. The number of rotatable bonds is 7. The number of ether oxygens (including phenoxy) is 1. The number of morpholine rings is 1. The maximum atomic E-state index is 12.7. The summed E-state index contributed by atoms with van der Waals surface area (Å²) < 4.78 is 5.37. The summed E-state index contributed by atoms with van der Waals surface area (Å²) in [5.74, 6) is 0.0239. The Labute approximate surface area is 181 Å². The molecule has 1 aromatic carbocycles. The minimum absolute atomic E-state index is 0.0115. The standard InChI is InChI=1S/C22H29ClN4O3/c23-18-3-4-20-17(12-18)13-19(25-20)14-24-22(29)16-2-5-21(28)27(15-16)7-1-6-26-8-10-30-11-9-26/h3-4,12-13,16,25H,1-2,5-11,14-15H2,(H,24,29)/t16-/m1/s1. The van der Waals surface area contributed by atoms with Crippen molar-refractivity contribution in [3.8, 4) is 0 Å². The van der Waals surface area contributed by atoms with Crippen LogP contribution in [0.1, 0.15) is 25.0 Å². The quantitative estimate of drug-likeness (QED) is 0.704. The Morgan fingerprint density at radius 1 is 1.23 bits per heavy atom. The average molecular weight is 433 g/mol. The summed E-state index contributed by atoms with van der Waals surface area (Å²) in [6.45, 7) is 6.11. The molecule has 1 atom stereocenters. The third kappa shape index (κ3) is 5.33. The van der Waals surface area contributed by atoms with Crippen molar-refractivity contribution in [3.05, 3.63) is 35.0 Å². The van der Waals surface area contributed by atoms with Gasteiger partial charge in [-0.1, -0.05) is 11.6 Å². The lowest BCUT2D eigenvalue weighted by Crippen LogP contribution is -2.46. The molecular formula is C22H29ClN4O3. The van der Waals surface area contributed by atoms with Crippen molar-refractivity contribution in [1.82, 2.24) is 20.1 Å².